The SMILES string of the molecule is CC(=O)N[C@H](C=O)Cc1cc2ccccc2s1. The highest BCUT2D eigenvalue weighted by Crippen LogP contribution is 2.25. The Balaban J connectivity index is 2.16. The molecule has 3 nitrogen and oxygen atoms in total. The molecule has 0 saturated carbocycles. The number of hydrogen-bond donors (Lipinski definition) is 1. The molecule has 0 aliphatic carbocycles. The van der Waals surface area contributed by atoms with Crippen LogP contribution in [0.25, 0.3) is 10.1 Å². The molecule has 2 rings (SSSR count). The standard InChI is InChI=1S/C13H13NO2S/c1-9(16)14-11(8-15)7-12-6-10-4-2-3-5-13(10)17-12/h2-6,8,11H,7H2,1H3,(H,14,16)/t11-/m0/s1. The molecule has 0 bridgehead atoms. The van der Waals surface area contributed by atoms with Gasteiger partial charge in [0.25, 0.3) is 0 Å². The highest BCUT2D eigenvalue weighted by Gasteiger charge is 2.11. The maximum absolute atomic E-state index is 10.9. The van der Waals surface area contributed by atoms with Gasteiger partial charge in [0.1, 0.15) is 6.29 Å². The van der Waals surface area contributed by atoms with E-state index in [9.17, 15) is 9.59 Å². The molecule has 0 saturated heterocycles. The average Bonchev–Trinajstić information content (AvgIpc) is 2.69. The van der Waals surface area contributed by atoms with Gasteiger partial charge in [0.15, 0.2) is 0 Å². The molecule has 0 fully saturated rings. The Hall–Kier alpha value is -1.68. The molecule has 0 aliphatic heterocycles. The van der Waals surface area contributed by atoms with Crippen molar-refractivity contribution >= 4 is 33.6 Å². The lowest BCUT2D eigenvalue weighted by atomic mass is 10.2. The minimum absolute atomic E-state index is 0.178. The Kier molecular flexibility index (Phi) is 3.54. The van der Waals surface area contributed by atoms with E-state index < -0.39 is 6.04 Å². The van der Waals surface area contributed by atoms with Gasteiger partial charge in [0.05, 0.1) is 6.04 Å². The Labute approximate surface area is 103 Å². The lowest BCUT2D eigenvalue weighted by molar-refractivity contribution is -0.122. The van der Waals surface area contributed by atoms with Gasteiger partial charge in [0.2, 0.25) is 5.91 Å². The van der Waals surface area contributed by atoms with E-state index in [1.165, 1.54) is 17.0 Å². The third-order valence-corrected chi connectivity index (χ3v) is 3.59. The molecule has 4 heteroatoms. The predicted octanol–water partition coefficient (Wildman–Crippen LogP) is 2.15. The molecule has 0 unspecified atom stereocenters. The summed E-state index contributed by atoms with van der Waals surface area (Å²) >= 11 is 1.66. The first-order chi connectivity index (χ1) is 8.19. The van der Waals surface area contributed by atoms with E-state index in [1.807, 2.05) is 18.2 Å². The van der Waals surface area contributed by atoms with Gasteiger partial charge in [-0.3, -0.25) is 4.79 Å². The molecule has 0 radical (unpaired) electrons. The predicted molar refractivity (Wildman–Crippen MR) is 69.2 cm³/mol. The Bertz CT molecular complexity index is 514. The first-order valence-corrected chi connectivity index (χ1v) is 6.20. The van der Waals surface area contributed by atoms with Crippen LogP contribution < -0.4 is 5.32 Å². The van der Waals surface area contributed by atoms with Crippen molar-refractivity contribution in [3.63, 3.8) is 0 Å². The monoisotopic (exact) mass is 247 g/mol. The van der Waals surface area contributed by atoms with Crippen molar-refractivity contribution < 1.29 is 9.59 Å². The Morgan fingerprint density at radius 1 is 1.47 bits per heavy atom. The quantitative estimate of drug-likeness (QED) is 0.841. The van der Waals surface area contributed by atoms with Gasteiger partial charge in [0, 0.05) is 22.9 Å². The number of carbonyl (C=O) groups is 2. The molecule has 1 heterocycles. The third-order valence-electron chi connectivity index (χ3n) is 2.45. The number of rotatable bonds is 4. The Morgan fingerprint density at radius 3 is 2.88 bits per heavy atom. The van der Waals surface area contributed by atoms with Crippen LogP contribution in [0.5, 0.6) is 0 Å². The number of carbonyl (C=O) groups excluding carboxylic acids is 2. The average molecular weight is 247 g/mol. The molecule has 88 valence electrons. The minimum Gasteiger partial charge on any atom is -0.346 e. The number of amides is 1. The van der Waals surface area contributed by atoms with Crippen LogP contribution >= 0.6 is 11.3 Å². The smallest absolute Gasteiger partial charge is 0.217 e. The van der Waals surface area contributed by atoms with E-state index in [4.69, 9.17) is 0 Å². The van der Waals surface area contributed by atoms with Crippen LogP contribution in [0.4, 0.5) is 0 Å². The summed E-state index contributed by atoms with van der Waals surface area (Å²) in [5, 5.41) is 3.80. The van der Waals surface area contributed by atoms with Crippen molar-refractivity contribution in [1.82, 2.24) is 5.32 Å². The van der Waals surface area contributed by atoms with E-state index in [0.29, 0.717) is 6.42 Å². The van der Waals surface area contributed by atoms with Crippen molar-refractivity contribution in [3.05, 3.63) is 35.2 Å². The van der Waals surface area contributed by atoms with Crippen molar-refractivity contribution in [3.8, 4) is 0 Å². The molecule has 1 amide bonds. The van der Waals surface area contributed by atoms with Crippen molar-refractivity contribution in [2.75, 3.05) is 0 Å². The second-order valence-electron chi connectivity index (χ2n) is 3.90. The van der Waals surface area contributed by atoms with Crippen molar-refractivity contribution in [2.24, 2.45) is 0 Å². The largest absolute Gasteiger partial charge is 0.346 e. The van der Waals surface area contributed by atoms with Crippen LogP contribution in [0.1, 0.15) is 11.8 Å². The van der Waals surface area contributed by atoms with Crippen LogP contribution in [0, 0.1) is 0 Å². The summed E-state index contributed by atoms with van der Waals surface area (Å²) < 4.78 is 1.20. The first-order valence-electron chi connectivity index (χ1n) is 5.39. The molecule has 0 spiro atoms. The van der Waals surface area contributed by atoms with E-state index in [1.54, 1.807) is 11.3 Å². The van der Waals surface area contributed by atoms with E-state index in [-0.39, 0.29) is 5.91 Å². The van der Waals surface area contributed by atoms with E-state index >= 15 is 0 Å². The number of hydrogen-bond acceptors (Lipinski definition) is 3. The summed E-state index contributed by atoms with van der Waals surface area (Å²) in [6.07, 6.45) is 1.34. The fourth-order valence-electron chi connectivity index (χ4n) is 1.75. The molecule has 1 atom stereocenters. The summed E-state index contributed by atoms with van der Waals surface area (Å²) in [4.78, 5) is 22.9. The Morgan fingerprint density at radius 2 is 2.24 bits per heavy atom. The summed E-state index contributed by atoms with van der Waals surface area (Å²) in [6, 6.07) is 9.72. The summed E-state index contributed by atoms with van der Waals surface area (Å²) in [5.41, 5.74) is 0. The molecule has 1 aromatic heterocycles. The fourth-order valence-corrected chi connectivity index (χ4v) is 2.87. The molecule has 17 heavy (non-hydrogen) atoms. The number of aldehydes is 1. The zero-order valence-electron chi connectivity index (χ0n) is 9.47. The number of nitrogens with one attached hydrogen (secondary N) is 1. The third kappa shape index (κ3) is 2.91. The van der Waals surface area contributed by atoms with Crippen LogP contribution in [-0.4, -0.2) is 18.2 Å². The maximum Gasteiger partial charge on any atom is 0.217 e. The topological polar surface area (TPSA) is 46.2 Å². The van der Waals surface area contributed by atoms with Crippen LogP contribution in [0.15, 0.2) is 30.3 Å². The highest BCUT2D eigenvalue weighted by molar-refractivity contribution is 7.19. The second kappa shape index (κ2) is 5.10. The van der Waals surface area contributed by atoms with E-state index in [2.05, 4.69) is 17.4 Å². The number of fused-ring (bicyclic) bond motifs is 1. The molecular weight excluding hydrogens is 234 g/mol. The minimum atomic E-state index is -0.430. The summed E-state index contributed by atoms with van der Waals surface area (Å²) in [5.74, 6) is -0.178. The lowest BCUT2D eigenvalue weighted by Gasteiger charge is -2.08. The zero-order valence-corrected chi connectivity index (χ0v) is 10.3. The van der Waals surface area contributed by atoms with Gasteiger partial charge in [-0.05, 0) is 17.5 Å². The van der Waals surface area contributed by atoms with Crippen LogP contribution in [0.2, 0.25) is 0 Å². The van der Waals surface area contributed by atoms with Crippen LogP contribution in [0.3, 0.4) is 0 Å². The summed E-state index contributed by atoms with van der Waals surface area (Å²) in [7, 11) is 0. The second-order valence-corrected chi connectivity index (χ2v) is 5.07. The van der Waals surface area contributed by atoms with Gasteiger partial charge in [-0.1, -0.05) is 18.2 Å². The molecular formula is C13H13NO2S. The normalized spacial score (nSPS) is 12.3. The molecule has 0 aliphatic rings. The molecule has 1 N–H and O–H groups in total. The van der Waals surface area contributed by atoms with Gasteiger partial charge < -0.3 is 10.1 Å². The first kappa shape index (κ1) is 11.8. The maximum atomic E-state index is 10.9. The van der Waals surface area contributed by atoms with Gasteiger partial charge in [-0.2, -0.15) is 0 Å². The lowest BCUT2D eigenvalue weighted by Crippen LogP contribution is -2.35. The van der Waals surface area contributed by atoms with Crippen molar-refractivity contribution in [2.45, 2.75) is 19.4 Å². The number of benzene rings is 1. The van der Waals surface area contributed by atoms with Gasteiger partial charge >= 0.3 is 0 Å². The van der Waals surface area contributed by atoms with Gasteiger partial charge in [-0.25, -0.2) is 0 Å². The summed E-state index contributed by atoms with van der Waals surface area (Å²) in [6.45, 7) is 1.42. The van der Waals surface area contributed by atoms with Gasteiger partial charge in [-0.15, -0.1) is 11.3 Å². The number of thiophene rings is 1. The highest BCUT2D eigenvalue weighted by atomic mass is 32.1. The zero-order chi connectivity index (χ0) is 12.3. The fraction of sp³-hybridized carbons (Fsp3) is 0.231. The molecule has 1 aromatic carbocycles. The van der Waals surface area contributed by atoms with E-state index in [0.717, 1.165) is 11.2 Å². The van der Waals surface area contributed by atoms with Crippen molar-refractivity contribution in [1.29, 1.82) is 0 Å². The van der Waals surface area contributed by atoms with Crippen LogP contribution in [-0.2, 0) is 16.0 Å². The molecule has 2 aromatic rings.